The summed E-state index contributed by atoms with van der Waals surface area (Å²) in [4.78, 5) is 24.9. The number of carbonyl (C=O) groups is 1. The Morgan fingerprint density at radius 2 is 2.14 bits per heavy atom. The molecule has 2 N–H and O–H groups in total. The second-order valence-corrected chi connectivity index (χ2v) is 8.24. The number of amides is 1. The second kappa shape index (κ2) is 11.0. The van der Waals surface area contributed by atoms with Crippen LogP contribution in [0.3, 0.4) is 0 Å². The van der Waals surface area contributed by atoms with Crippen LogP contribution in [0, 0.1) is 0 Å². The first kappa shape index (κ1) is 21.3. The van der Waals surface area contributed by atoms with Gasteiger partial charge in [0.05, 0.1) is 5.01 Å². The third-order valence-corrected chi connectivity index (χ3v) is 6.13. The molecule has 0 atom stereocenters. The zero-order chi connectivity index (χ0) is 20.5. The van der Waals surface area contributed by atoms with Gasteiger partial charge in [0.15, 0.2) is 5.96 Å². The van der Waals surface area contributed by atoms with Crippen LogP contribution >= 0.6 is 11.3 Å². The summed E-state index contributed by atoms with van der Waals surface area (Å²) in [5.41, 5.74) is 2.34. The van der Waals surface area contributed by atoms with Crippen LogP contribution in [0.1, 0.15) is 42.1 Å². The number of para-hydroxylation sites is 1. The SMILES string of the molecule is CCNC(=NCCCC(=O)N1CCc2ccccc21)NCCc1ncc(CC)s1. The average Bonchev–Trinajstić information content (AvgIpc) is 3.37. The van der Waals surface area contributed by atoms with E-state index >= 15 is 0 Å². The highest BCUT2D eigenvalue weighted by molar-refractivity contribution is 7.11. The summed E-state index contributed by atoms with van der Waals surface area (Å²) in [5.74, 6) is 0.998. The number of nitrogens with zero attached hydrogens (tertiary/aromatic N) is 3. The second-order valence-electron chi connectivity index (χ2n) is 7.04. The molecule has 6 nitrogen and oxygen atoms in total. The van der Waals surface area contributed by atoms with Crippen LogP contribution in [-0.2, 0) is 24.1 Å². The van der Waals surface area contributed by atoms with E-state index in [-0.39, 0.29) is 5.91 Å². The van der Waals surface area contributed by atoms with E-state index in [0.717, 1.165) is 62.0 Å². The number of rotatable bonds is 9. The maximum Gasteiger partial charge on any atom is 0.227 e. The molecule has 7 heteroatoms. The first-order valence-corrected chi connectivity index (χ1v) is 11.4. The minimum Gasteiger partial charge on any atom is -0.357 e. The molecule has 0 saturated carbocycles. The monoisotopic (exact) mass is 413 g/mol. The van der Waals surface area contributed by atoms with Crippen LogP contribution in [0.2, 0.25) is 0 Å². The number of carbonyl (C=O) groups excluding carboxylic acids is 1. The Kier molecular flexibility index (Phi) is 8.04. The molecule has 2 heterocycles. The van der Waals surface area contributed by atoms with Gasteiger partial charge >= 0.3 is 0 Å². The Morgan fingerprint density at radius 3 is 2.93 bits per heavy atom. The van der Waals surface area contributed by atoms with Gasteiger partial charge in [-0.15, -0.1) is 11.3 Å². The van der Waals surface area contributed by atoms with Crippen molar-refractivity contribution in [3.8, 4) is 0 Å². The molecule has 156 valence electrons. The summed E-state index contributed by atoms with van der Waals surface area (Å²) in [7, 11) is 0. The van der Waals surface area contributed by atoms with Gasteiger partial charge in [-0.25, -0.2) is 4.98 Å². The van der Waals surface area contributed by atoms with Gasteiger partial charge in [-0.3, -0.25) is 9.79 Å². The van der Waals surface area contributed by atoms with Gasteiger partial charge < -0.3 is 15.5 Å². The molecular weight excluding hydrogens is 382 g/mol. The molecule has 0 aliphatic carbocycles. The van der Waals surface area contributed by atoms with E-state index in [9.17, 15) is 4.79 Å². The number of thiazole rings is 1. The van der Waals surface area contributed by atoms with Gasteiger partial charge in [0, 0.05) is 55.8 Å². The Hall–Kier alpha value is -2.41. The lowest BCUT2D eigenvalue weighted by molar-refractivity contribution is -0.118. The standard InChI is InChI=1S/C22H31N5OS/c1-3-18-16-26-20(29-18)11-14-25-22(23-4-2)24-13-7-10-21(28)27-15-12-17-8-5-6-9-19(17)27/h5-6,8-9,16H,3-4,7,10-15H2,1-2H3,(H2,23,24,25). The number of aliphatic imine (C=N–C) groups is 1. The predicted molar refractivity (Wildman–Crippen MR) is 121 cm³/mol. The molecule has 0 spiro atoms. The fourth-order valence-corrected chi connectivity index (χ4v) is 4.27. The number of aryl methyl sites for hydroxylation is 1. The average molecular weight is 414 g/mol. The third-order valence-electron chi connectivity index (χ3n) is 4.93. The molecular formula is C22H31N5OS. The Balaban J connectivity index is 1.41. The molecule has 29 heavy (non-hydrogen) atoms. The van der Waals surface area contributed by atoms with Crippen molar-refractivity contribution in [1.29, 1.82) is 0 Å². The predicted octanol–water partition coefficient (Wildman–Crippen LogP) is 3.17. The molecule has 1 amide bonds. The van der Waals surface area contributed by atoms with Crippen LogP contribution in [0.15, 0.2) is 35.5 Å². The Bertz CT molecular complexity index is 832. The van der Waals surface area contributed by atoms with Crippen molar-refractivity contribution in [2.24, 2.45) is 4.99 Å². The number of nitrogens with one attached hydrogen (secondary N) is 2. The van der Waals surface area contributed by atoms with Crippen molar-refractivity contribution in [3.63, 3.8) is 0 Å². The summed E-state index contributed by atoms with van der Waals surface area (Å²) in [6.45, 7) is 7.24. The maximum absolute atomic E-state index is 12.6. The van der Waals surface area contributed by atoms with Crippen LogP contribution in [-0.4, -0.2) is 43.0 Å². The van der Waals surface area contributed by atoms with Crippen molar-refractivity contribution >= 4 is 28.9 Å². The molecule has 0 saturated heterocycles. The molecule has 1 aromatic heterocycles. The lowest BCUT2D eigenvalue weighted by Crippen LogP contribution is -2.38. The number of hydrogen-bond acceptors (Lipinski definition) is 4. The van der Waals surface area contributed by atoms with E-state index in [4.69, 9.17) is 0 Å². The molecule has 1 aliphatic rings. The lowest BCUT2D eigenvalue weighted by atomic mass is 10.2. The summed E-state index contributed by atoms with van der Waals surface area (Å²) in [5, 5.41) is 7.79. The van der Waals surface area contributed by atoms with Gasteiger partial charge in [-0.05, 0) is 37.8 Å². The Morgan fingerprint density at radius 1 is 1.28 bits per heavy atom. The normalized spacial score (nSPS) is 13.4. The van der Waals surface area contributed by atoms with E-state index in [0.29, 0.717) is 13.0 Å². The first-order valence-electron chi connectivity index (χ1n) is 10.5. The maximum atomic E-state index is 12.6. The van der Waals surface area contributed by atoms with Gasteiger partial charge in [-0.2, -0.15) is 0 Å². The van der Waals surface area contributed by atoms with Crippen molar-refractivity contribution in [3.05, 3.63) is 45.9 Å². The molecule has 1 aromatic carbocycles. The van der Waals surface area contributed by atoms with Gasteiger partial charge in [0.25, 0.3) is 0 Å². The summed E-state index contributed by atoms with van der Waals surface area (Å²) >= 11 is 1.78. The highest BCUT2D eigenvalue weighted by Gasteiger charge is 2.23. The largest absolute Gasteiger partial charge is 0.357 e. The van der Waals surface area contributed by atoms with Crippen LogP contribution in [0.5, 0.6) is 0 Å². The van der Waals surface area contributed by atoms with E-state index in [2.05, 4.69) is 40.5 Å². The molecule has 0 unspecified atom stereocenters. The zero-order valence-corrected chi connectivity index (χ0v) is 18.2. The van der Waals surface area contributed by atoms with Crippen molar-refractivity contribution in [2.45, 2.75) is 46.0 Å². The molecule has 0 fully saturated rings. The summed E-state index contributed by atoms with van der Waals surface area (Å²) in [6, 6.07) is 8.18. The molecule has 1 aliphatic heterocycles. The number of aromatic nitrogens is 1. The van der Waals surface area contributed by atoms with E-state index in [1.54, 1.807) is 11.3 Å². The van der Waals surface area contributed by atoms with Crippen molar-refractivity contribution < 1.29 is 4.79 Å². The highest BCUT2D eigenvalue weighted by Crippen LogP contribution is 2.28. The van der Waals surface area contributed by atoms with Crippen molar-refractivity contribution in [1.82, 2.24) is 15.6 Å². The molecule has 3 rings (SSSR count). The summed E-state index contributed by atoms with van der Waals surface area (Å²) in [6.07, 6.45) is 6.12. The number of fused-ring (bicyclic) bond motifs is 1. The molecule has 2 aromatic rings. The fourth-order valence-electron chi connectivity index (χ4n) is 3.41. The third kappa shape index (κ3) is 6.03. The topological polar surface area (TPSA) is 69.6 Å². The lowest BCUT2D eigenvalue weighted by Gasteiger charge is -2.17. The molecule has 0 bridgehead atoms. The number of hydrogen-bond donors (Lipinski definition) is 2. The first-order chi connectivity index (χ1) is 14.2. The van der Waals surface area contributed by atoms with Crippen LogP contribution in [0.25, 0.3) is 0 Å². The fraction of sp³-hybridized carbons (Fsp3) is 0.500. The number of guanidine groups is 1. The highest BCUT2D eigenvalue weighted by atomic mass is 32.1. The quantitative estimate of drug-likeness (QED) is 0.376. The van der Waals surface area contributed by atoms with E-state index < -0.39 is 0 Å². The van der Waals surface area contributed by atoms with Crippen molar-refractivity contribution in [2.75, 3.05) is 31.1 Å². The van der Waals surface area contributed by atoms with E-state index in [1.165, 1.54) is 10.4 Å². The van der Waals surface area contributed by atoms with Gasteiger partial charge in [-0.1, -0.05) is 25.1 Å². The van der Waals surface area contributed by atoms with Gasteiger partial charge in [0.2, 0.25) is 5.91 Å². The smallest absolute Gasteiger partial charge is 0.227 e. The number of benzene rings is 1. The van der Waals surface area contributed by atoms with Crippen LogP contribution < -0.4 is 15.5 Å². The number of anilines is 1. The van der Waals surface area contributed by atoms with Crippen LogP contribution in [0.4, 0.5) is 5.69 Å². The van der Waals surface area contributed by atoms with Gasteiger partial charge in [0.1, 0.15) is 0 Å². The minimum atomic E-state index is 0.193. The minimum absolute atomic E-state index is 0.193. The molecule has 0 radical (unpaired) electrons. The summed E-state index contributed by atoms with van der Waals surface area (Å²) < 4.78 is 0. The zero-order valence-electron chi connectivity index (χ0n) is 17.4. The Labute approximate surface area is 177 Å². The van der Waals surface area contributed by atoms with E-state index in [1.807, 2.05) is 29.3 Å².